The minimum Gasteiger partial charge on any atom is -0.326 e. The average Bonchev–Trinajstić information content (AvgIpc) is 2.54. The summed E-state index contributed by atoms with van der Waals surface area (Å²) in [6.07, 6.45) is 0.449. The molecule has 0 bridgehead atoms. The zero-order valence-corrected chi connectivity index (χ0v) is 14.1. The fourth-order valence-corrected chi connectivity index (χ4v) is 2.71. The van der Waals surface area contributed by atoms with Gasteiger partial charge in [0, 0.05) is 24.2 Å². The van der Waals surface area contributed by atoms with Gasteiger partial charge in [-0.25, -0.2) is 0 Å². The predicted octanol–water partition coefficient (Wildman–Crippen LogP) is 4.39. The normalized spacial score (nSPS) is 13.6. The summed E-state index contributed by atoms with van der Waals surface area (Å²) in [6, 6.07) is 20.3. The Morgan fingerprint density at radius 2 is 1.48 bits per heavy atom. The number of hydrogen-bond acceptors (Lipinski definition) is 2. The van der Waals surface area contributed by atoms with Crippen LogP contribution in [0.2, 0.25) is 0 Å². The van der Waals surface area contributed by atoms with Crippen molar-refractivity contribution in [3.63, 3.8) is 0 Å². The van der Waals surface area contributed by atoms with Crippen molar-refractivity contribution in [2.45, 2.75) is 39.3 Å². The van der Waals surface area contributed by atoms with Crippen LogP contribution in [0.25, 0.3) is 0 Å². The molecule has 0 saturated carbocycles. The molecule has 2 rings (SSSR count). The van der Waals surface area contributed by atoms with Crippen molar-refractivity contribution >= 4 is 11.6 Å². The van der Waals surface area contributed by atoms with Gasteiger partial charge in [0.2, 0.25) is 5.91 Å². The van der Waals surface area contributed by atoms with E-state index in [1.54, 1.807) is 0 Å². The van der Waals surface area contributed by atoms with Crippen molar-refractivity contribution in [1.29, 1.82) is 0 Å². The van der Waals surface area contributed by atoms with Gasteiger partial charge >= 0.3 is 0 Å². The summed E-state index contributed by atoms with van der Waals surface area (Å²) >= 11 is 0. The third-order valence-electron chi connectivity index (χ3n) is 3.84. The Kier molecular flexibility index (Phi) is 6.36. The van der Waals surface area contributed by atoms with Crippen molar-refractivity contribution in [3.05, 3.63) is 66.2 Å². The maximum atomic E-state index is 12.2. The molecule has 0 radical (unpaired) electrons. The smallest absolute Gasteiger partial charge is 0.225 e. The lowest BCUT2D eigenvalue weighted by atomic mass is 9.95. The molecule has 0 fully saturated rings. The molecule has 0 spiro atoms. The van der Waals surface area contributed by atoms with E-state index in [4.69, 9.17) is 0 Å². The Morgan fingerprint density at radius 3 is 2.04 bits per heavy atom. The van der Waals surface area contributed by atoms with E-state index in [9.17, 15) is 4.79 Å². The minimum absolute atomic E-state index is 0.0340. The van der Waals surface area contributed by atoms with Crippen LogP contribution in [0, 0.1) is 5.92 Å². The van der Waals surface area contributed by atoms with Gasteiger partial charge < -0.3 is 10.6 Å². The first-order valence-electron chi connectivity index (χ1n) is 8.22. The molecule has 0 heterocycles. The fourth-order valence-electron chi connectivity index (χ4n) is 2.71. The lowest BCUT2D eigenvalue weighted by Crippen LogP contribution is -2.36. The first-order valence-corrected chi connectivity index (χ1v) is 8.22. The Labute approximate surface area is 139 Å². The topological polar surface area (TPSA) is 41.1 Å². The Hall–Kier alpha value is -2.13. The van der Waals surface area contributed by atoms with Crippen molar-refractivity contribution in [3.8, 4) is 0 Å². The van der Waals surface area contributed by atoms with Crippen LogP contribution in [-0.2, 0) is 4.79 Å². The van der Waals surface area contributed by atoms with E-state index in [2.05, 4.69) is 55.7 Å². The Bertz CT molecular complexity index is 596. The van der Waals surface area contributed by atoms with E-state index in [1.165, 1.54) is 5.56 Å². The molecule has 0 aromatic heterocycles. The van der Waals surface area contributed by atoms with E-state index < -0.39 is 0 Å². The summed E-state index contributed by atoms with van der Waals surface area (Å²) < 4.78 is 0. The van der Waals surface area contributed by atoms with Crippen LogP contribution in [0.15, 0.2) is 60.7 Å². The van der Waals surface area contributed by atoms with Crippen molar-refractivity contribution < 1.29 is 4.79 Å². The number of nitrogens with one attached hydrogen (secondary N) is 2. The van der Waals surface area contributed by atoms with Crippen molar-refractivity contribution in [2.24, 2.45) is 5.92 Å². The van der Waals surface area contributed by atoms with Crippen LogP contribution in [0.3, 0.4) is 0 Å². The van der Waals surface area contributed by atoms with Gasteiger partial charge in [-0.15, -0.1) is 0 Å². The Morgan fingerprint density at radius 1 is 0.913 bits per heavy atom. The second-order valence-corrected chi connectivity index (χ2v) is 6.32. The molecule has 3 nitrogen and oxygen atoms in total. The minimum atomic E-state index is 0.0340. The molecule has 0 saturated heterocycles. The predicted molar refractivity (Wildman–Crippen MR) is 96.3 cm³/mol. The van der Waals surface area contributed by atoms with E-state index in [0.717, 1.165) is 5.69 Å². The third kappa shape index (κ3) is 5.53. The standard InChI is InChI=1S/C20H26N2O/c1-15(2)20(17-10-6-4-7-11-17)21-16(3)14-19(23)22-18-12-8-5-9-13-18/h4-13,15-16,20-21H,14H2,1-3H3,(H,22,23)/t16-,20+/m1/s1. The number of carbonyl (C=O) groups excluding carboxylic acids is 1. The van der Waals surface area contributed by atoms with E-state index in [0.29, 0.717) is 12.3 Å². The summed E-state index contributed by atoms with van der Waals surface area (Å²) in [5.41, 5.74) is 2.10. The highest BCUT2D eigenvalue weighted by molar-refractivity contribution is 5.91. The molecule has 2 atom stereocenters. The van der Waals surface area contributed by atoms with E-state index in [1.807, 2.05) is 36.4 Å². The SMILES string of the molecule is CC(C)[C@H](N[C@H](C)CC(=O)Nc1ccccc1)c1ccccc1. The van der Waals surface area contributed by atoms with Gasteiger partial charge in [0.15, 0.2) is 0 Å². The zero-order chi connectivity index (χ0) is 16.7. The van der Waals surface area contributed by atoms with Gasteiger partial charge in [-0.2, -0.15) is 0 Å². The van der Waals surface area contributed by atoms with Gasteiger partial charge in [0.1, 0.15) is 0 Å². The highest BCUT2D eigenvalue weighted by Crippen LogP contribution is 2.22. The number of amides is 1. The highest BCUT2D eigenvalue weighted by Gasteiger charge is 2.19. The molecule has 2 N–H and O–H groups in total. The molecular formula is C20H26N2O. The average molecular weight is 310 g/mol. The van der Waals surface area contributed by atoms with Gasteiger partial charge in [0.25, 0.3) is 0 Å². The molecule has 3 heteroatoms. The summed E-state index contributed by atoms with van der Waals surface area (Å²) in [5.74, 6) is 0.490. The summed E-state index contributed by atoms with van der Waals surface area (Å²) in [6.45, 7) is 6.45. The summed E-state index contributed by atoms with van der Waals surface area (Å²) in [5, 5.41) is 6.52. The van der Waals surface area contributed by atoms with Crippen LogP contribution >= 0.6 is 0 Å². The fraction of sp³-hybridized carbons (Fsp3) is 0.350. The van der Waals surface area contributed by atoms with Crippen LogP contribution in [-0.4, -0.2) is 11.9 Å². The number of anilines is 1. The van der Waals surface area contributed by atoms with E-state index >= 15 is 0 Å². The number of hydrogen-bond donors (Lipinski definition) is 2. The second kappa shape index (κ2) is 8.49. The third-order valence-corrected chi connectivity index (χ3v) is 3.84. The first-order chi connectivity index (χ1) is 11.1. The van der Waals surface area contributed by atoms with Gasteiger partial charge in [0.05, 0.1) is 0 Å². The molecule has 0 aliphatic carbocycles. The number of para-hydroxylation sites is 1. The lowest BCUT2D eigenvalue weighted by molar-refractivity contribution is -0.116. The molecule has 0 aliphatic rings. The molecule has 0 aliphatic heterocycles. The highest BCUT2D eigenvalue weighted by atomic mass is 16.1. The summed E-state index contributed by atoms with van der Waals surface area (Å²) in [4.78, 5) is 12.2. The van der Waals surface area contributed by atoms with E-state index in [-0.39, 0.29) is 18.0 Å². The van der Waals surface area contributed by atoms with Crippen LogP contribution < -0.4 is 10.6 Å². The quantitative estimate of drug-likeness (QED) is 0.796. The van der Waals surface area contributed by atoms with Crippen LogP contribution in [0.4, 0.5) is 5.69 Å². The van der Waals surface area contributed by atoms with Crippen molar-refractivity contribution in [1.82, 2.24) is 5.32 Å². The largest absolute Gasteiger partial charge is 0.326 e. The van der Waals surface area contributed by atoms with Gasteiger partial charge in [-0.1, -0.05) is 62.4 Å². The molecule has 2 aromatic carbocycles. The Balaban J connectivity index is 1.91. The number of rotatable bonds is 7. The van der Waals surface area contributed by atoms with Crippen LogP contribution in [0.1, 0.15) is 38.8 Å². The molecule has 0 unspecified atom stereocenters. The number of carbonyl (C=O) groups is 1. The maximum Gasteiger partial charge on any atom is 0.225 e. The van der Waals surface area contributed by atoms with Crippen molar-refractivity contribution in [2.75, 3.05) is 5.32 Å². The van der Waals surface area contributed by atoms with Crippen LogP contribution in [0.5, 0.6) is 0 Å². The molecule has 23 heavy (non-hydrogen) atoms. The van der Waals surface area contributed by atoms with Gasteiger partial charge in [-0.05, 0) is 30.5 Å². The number of benzene rings is 2. The lowest BCUT2D eigenvalue weighted by Gasteiger charge is -2.27. The molecule has 1 amide bonds. The summed E-state index contributed by atoms with van der Waals surface area (Å²) in [7, 11) is 0. The second-order valence-electron chi connectivity index (χ2n) is 6.32. The maximum absolute atomic E-state index is 12.2. The zero-order valence-electron chi connectivity index (χ0n) is 14.1. The van der Waals surface area contributed by atoms with Gasteiger partial charge in [-0.3, -0.25) is 4.79 Å². The molecular weight excluding hydrogens is 284 g/mol. The molecule has 2 aromatic rings. The molecule has 122 valence electrons. The monoisotopic (exact) mass is 310 g/mol. The first kappa shape index (κ1) is 17.2.